The predicted molar refractivity (Wildman–Crippen MR) is 73.7 cm³/mol. The van der Waals surface area contributed by atoms with Crippen LogP contribution in [0.15, 0.2) is 18.2 Å². The Kier molecular flexibility index (Phi) is 5.27. The smallest absolute Gasteiger partial charge is 0.422 e. The molecule has 0 saturated carbocycles. The number of nitrogens with zero attached hydrogens (tertiary/aromatic N) is 2. The molecular weight excluding hydrogens is 333 g/mol. The maximum Gasteiger partial charge on any atom is 0.422 e. The van der Waals surface area contributed by atoms with Crippen LogP contribution in [0.1, 0.15) is 17.4 Å². The molecule has 2 rings (SSSR count). The third-order valence-corrected chi connectivity index (χ3v) is 3.15. The van der Waals surface area contributed by atoms with Crippen molar-refractivity contribution in [3.8, 4) is 5.88 Å². The summed E-state index contributed by atoms with van der Waals surface area (Å²) >= 11 is 0. The number of hydrogen-bond donors (Lipinski definition) is 1. The first-order valence-corrected chi connectivity index (χ1v) is 7.00. The van der Waals surface area contributed by atoms with Gasteiger partial charge in [-0.15, -0.1) is 0 Å². The zero-order valence-electron chi connectivity index (χ0n) is 12.6. The van der Waals surface area contributed by atoms with Gasteiger partial charge in [0.1, 0.15) is 5.69 Å². The van der Waals surface area contributed by atoms with E-state index in [4.69, 9.17) is 9.84 Å². The third-order valence-electron chi connectivity index (χ3n) is 3.15. The molecule has 1 N–H and O–H groups in total. The SMILES string of the molecule is C[C@@H]1CN(C(=O)c2cccc(OCC(F)(F)F)n2)CC(C(=O)O)O1. The first-order valence-electron chi connectivity index (χ1n) is 7.00. The summed E-state index contributed by atoms with van der Waals surface area (Å²) in [5.74, 6) is -2.14. The van der Waals surface area contributed by atoms with Gasteiger partial charge in [0, 0.05) is 12.6 Å². The molecule has 1 aromatic rings. The highest BCUT2D eigenvalue weighted by molar-refractivity contribution is 5.93. The zero-order valence-corrected chi connectivity index (χ0v) is 12.6. The Morgan fingerprint density at radius 3 is 2.75 bits per heavy atom. The molecule has 24 heavy (non-hydrogen) atoms. The van der Waals surface area contributed by atoms with Crippen LogP contribution in [-0.4, -0.2) is 64.9 Å². The number of carbonyl (C=O) groups excluding carboxylic acids is 1. The van der Waals surface area contributed by atoms with Gasteiger partial charge in [-0.3, -0.25) is 4.79 Å². The van der Waals surface area contributed by atoms with Crippen LogP contribution in [0.2, 0.25) is 0 Å². The highest BCUT2D eigenvalue weighted by atomic mass is 19.4. The van der Waals surface area contributed by atoms with Crippen LogP contribution in [0, 0.1) is 0 Å². The van der Waals surface area contributed by atoms with Crippen LogP contribution < -0.4 is 4.74 Å². The molecule has 0 aliphatic carbocycles. The summed E-state index contributed by atoms with van der Waals surface area (Å²) in [6.07, 6.45) is -6.17. The molecular formula is C14H15F3N2O5. The minimum Gasteiger partial charge on any atom is -0.479 e. The van der Waals surface area contributed by atoms with Crippen LogP contribution in [0.4, 0.5) is 13.2 Å². The summed E-state index contributed by atoms with van der Waals surface area (Å²) in [5.41, 5.74) is -0.132. The predicted octanol–water partition coefficient (Wildman–Crippen LogP) is 1.34. The number of hydrogen-bond acceptors (Lipinski definition) is 5. The maximum absolute atomic E-state index is 12.4. The van der Waals surface area contributed by atoms with Gasteiger partial charge in [-0.05, 0) is 13.0 Å². The fourth-order valence-electron chi connectivity index (χ4n) is 2.19. The number of halogens is 3. The summed E-state index contributed by atoms with van der Waals surface area (Å²) < 4.78 is 46.2. The molecule has 2 atom stereocenters. The fourth-order valence-corrected chi connectivity index (χ4v) is 2.19. The number of aliphatic carboxylic acids is 1. The maximum atomic E-state index is 12.4. The number of rotatable bonds is 4. The second-order valence-corrected chi connectivity index (χ2v) is 5.25. The van der Waals surface area contributed by atoms with Gasteiger partial charge >= 0.3 is 12.1 Å². The van der Waals surface area contributed by atoms with E-state index < -0.39 is 36.9 Å². The van der Waals surface area contributed by atoms with Crippen LogP contribution >= 0.6 is 0 Å². The number of carbonyl (C=O) groups is 2. The lowest BCUT2D eigenvalue weighted by Crippen LogP contribution is -2.51. The molecule has 1 aromatic heterocycles. The van der Waals surface area contributed by atoms with Crippen molar-refractivity contribution in [1.82, 2.24) is 9.88 Å². The number of amides is 1. The number of aromatic nitrogens is 1. The summed E-state index contributed by atoms with van der Waals surface area (Å²) in [4.78, 5) is 28.4. The molecule has 0 radical (unpaired) electrons. The Balaban J connectivity index is 2.10. The number of carboxylic acids is 1. The van der Waals surface area contributed by atoms with E-state index >= 15 is 0 Å². The number of morpholine rings is 1. The average molecular weight is 348 g/mol. The van der Waals surface area contributed by atoms with Crippen LogP contribution in [0.25, 0.3) is 0 Å². The summed E-state index contributed by atoms with van der Waals surface area (Å²) in [7, 11) is 0. The first kappa shape index (κ1) is 18.0. The Hall–Kier alpha value is -2.36. The topological polar surface area (TPSA) is 89.0 Å². The summed E-state index contributed by atoms with van der Waals surface area (Å²) in [5, 5.41) is 9.01. The van der Waals surface area contributed by atoms with E-state index in [0.29, 0.717) is 0 Å². The highest BCUT2D eigenvalue weighted by Gasteiger charge is 2.33. The lowest BCUT2D eigenvalue weighted by Gasteiger charge is -2.34. The van der Waals surface area contributed by atoms with Crippen LogP contribution in [0.3, 0.4) is 0 Å². The van der Waals surface area contributed by atoms with E-state index in [1.54, 1.807) is 6.92 Å². The second-order valence-electron chi connectivity index (χ2n) is 5.25. The van der Waals surface area contributed by atoms with Gasteiger partial charge in [0.15, 0.2) is 12.7 Å². The van der Waals surface area contributed by atoms with E-state index in [1.807, 2.05) is 0 Å². The Morgan fingerprint density at radius 1 is 1.42 bits per heavy atom. The number of ether oxygens (including phenoxy) is 2. The molecule has 7 nitrogen and oxygen atoms in total. The number of alkyl halides is 3. The lowest BCUT2D eigenvalue weighted by molar-refractivity contribution is -0.160. The number of pyridine rings is 1. The highest BCUT2D eigenvalue weighted by Crippen LogP contribution is 2.19. The van der Waals surface area contributed by atoms with Gasteiger partial charge in [0.05, 0.1) is 12.6 Å². The van der Waals surface area contributed by atoms with Crippen molar-refractivity contribution in [2.24, 2.45) is 0 Å². The first-order chi connectivity index (χ1) is 11.2. The molecule has 1 unspecified atom stereocenters. The average Bonchev–Trinajstić information content (AvgIpc) is 2.51. The lowest BCUT2D eigenvalue weighted by atomic mass is 10.2. The van der Waals surface area contributed by atoms with Crippen LogP contribution in [0.5, 0.6) is 5.88 Å². The molecule has 2 heterocycles. The zero-order chi connectivity index (χ0) is 17.9. The third kappa shape index (κ3) is 4.82. The molecule has 1 saturated heterocycles. The quantitative estimate of drug-likeness (QED) is 0.883. The van der Waals surface area contributed by atoms with Gasteiger partial charge in [-0.2, -0.15) is 13.2 Å². The Bertz CT molecular complexity index is 623. The van der Waals surface area contributed by atoms with E-state index in [1.165, 1.54) is 23.1 Å². The van der Waals surface area contributed by atoms with Gasteiger partial charge in [-0.1, -0.05) is 6.07 Å². The van der Waals surface area contributed by atoms with E-state index in [-0.39, 0.29) is 24.7 Å². The van der Waals surface area contributed by atoms with Crippen molar-refractivity contribution in [2.75, 3.05) is 19.7 Å². The van der Waals surface area contributed by atoms with E-state index in [0.717, 1.165) is 0 Å². The molecule has 1 aliphatic heterocycles. The van der Waals surface area contributed by atoms with Crippen molar-refractivity contribution in [2.45, 2.75) is 25.3 Å². The standard InChI is InChI=1S/C14H15F3N2O5/c1-8-5-19(6-10(24-8)13(21)22)12(20)9-3-2-4-11(18-9)23-7-14(15,16)17/h2-4,8,10H,5-7H2,1H3,(H,21,22)/t8-,10?/m1/s1. The number of carboxylic acid groups (broad SMARTS) is 1. The van der Waals surface area contributed by atoms with Gasteiger partial charge < -0.3 is 19.5 Å². The van der Waals surface area contributed by atoms with E-state index in [9.17, 15) is 22.8 Å². The molecule has 0 bridgehead atoms. The van der Waals surface area contributed by atoms with Gasteiger partial charge in [-0.25, -0.2) is 9.78 Å². The molecule has 0 aromatic carbocycles. The molecule has 1 aliphatic rings. The Morgan fingerprint density at radius 2 is 2.12 bits per heavy atom. The van der Waals surface area contributed by atoms with Gasteiger partial charge in [0.2, 0.25) is 5.88 Å². The second kappa shape index (κ2) is 7.04. The molecule has 0 spiro atoms. The summed E-state index contributed by atoms with van der Waals surface area (Å²) in [6.45, 7) is 0.0742. The molecule has 10 heteroatoms. The fraction of sp³-hybridized carbons (Fsp3) is 0.500. The van der Waals surface area contributed by atoms with Crippen molar-refractivity contribution in [3.63, 3.8) is 0 Å². The van der Waals surface area contributed by atoms with Crippen LogP contribution in [-0.2, 0) is 9.53 Å². The molecule has 132 valence electrons. The van der Waals surface area contributed by atoms with Crippen molar-refractivity contribution < 1.29 is 37.3 Å². The van der Waals surface area contributed by atoms with Crippen molar-refractivity contribution >= 4 is 11.9 Å². The summed E-state index contributed by atoms with van der Waals surface area (Å²) in [6, 6.07) is 3.85. The minimum atomic E-state index is -4.52. The largest absolute Gasteiger partial charge is 0.479 e. The van der Waals surface area contributed by atoms with Crippen molar-refractivity contribution in [1.29, 1.82) is 0 Å². The minimum absolute atomic E-state index is 0.132. The molecule has 1 fully saturated rings. The normalized spacial score (nSPS) is 21.4. The monoisotopic (exact) mass is 348 g/mol. The molecule has 1 amide bonds. The van der Waals surface area contributed by atoms with Gasteiger partial charge in [0.25, 0.3) is 5.91 Å². The van der Waals surface area contributed by atoms with E-state index in [2.05, 4.69) is 9.72 Å². The van der Waals surface area contributed by atoms with Crippen molar-refractivity contribution in [3.05, 3.63) is 23.9 Å². The Labute approximate surface area is 135 Å².